The van der Waals surface area contributed by atoms with Crippen LogP contribution in [0.25, 0.3) is 0 Å². The van der Waals surface area contributed by atoms with Crippen molar-refractivity contribution in [2.75, 3.05) is 39.6 Å². The normalized spacial score (nSPS) is 13.8. The number of carbonyl (C=O) groups is 4. The van der Waals surface area contributed by atoms with Gasteiger partial charge in [0, 0.05) is 25.7 Å². The van der Waals surface area contributed by atoms with E-state index >= 15 is 0 Å². The molecule has 618 valence electrons. The van der Waals surface area contributed by atoms with Gasteiger partial charge in [0.2, 0.25) is 0 Å². The number of ether oxygens (including phenoxy) is 4. The third-order valence-corrected chi connectivity index (χ3v) is 21.9. The summed E-state index contributed by atoms with van der Waals surface area (Å²) in [5.41, 5.74) is 0. The average Bonchev–Trinajstić information content (AvgIpc) is 0.908. The number of unbranched alkanes of at least 4 members (excludes halogenated alkanes) is 57. The fraction of sp³-hybridized carbons (Fsp3) is 0.953. The first-order chi connectivity index (χ1) is 50.5. The second-order valence-electron chi connectivity index (χ2n) is 31.1. The summed E-state index contributed by atoms with van der Waals surface area (Å²) in [6.07, 6.45) is 70.9. The number of phosphoric acid groups is 2. The third kappa shape index (κ3) is 78.2. The summed E-state index contributed by atoms with van der Waals surface area (Å²) < 4.78 is 68.8. The smallest absolute Gasteiger partial charge is 0.462 e. The van der Waals surface area contributed by atoms with Crippen molar-refractivity contribution in [3.8, 4) is 0 Å². The van der Waals surface area contributed by atoms with Gasteiger partial charge in [0.25, 0.3) is 0 Å². The van der Waals surface area contributed by atoms with Crippen molar-refractivity contribution in [2.24, 2.45) is 5.92 Å². The van der Waals surface area contributed by atoms with Gasteiger partial charge in [-0.25, -0.2) is 9.13 Å². The first kappa shape index (κ1) is 102. The van der Waals surface area contributed by atoms with E-state index in [2.05, 4.69) is 34.6 Å². The highest BCUT2D eigenvalue weighted by atomic mass is 31.2. The number of aliphatic hydroxyl groups excluding tert-OH is 1. The van der Waals surface area contributed by atoms with E-state index in [-0.39, 0.29) is 25.7 Å². The maximum absolute atomic E-state index is 13.1. The van der Waals surface area contributed by atoms with Crippen LogP contribution in [0, 0.1) is 5.92 Å². The standard InChI is InChI=1S/C85H166O17P2/c1-6-9-12-15-18-21-23-25-27-29-31-32-33-34-36-38-40-45-50-55-60-65-70-84(89)102-81(75-96-83(88)69-64-59-54-49-44-39-37-35-30-28-26-24-22-19-16-13-10-7-2)77-100-104(93,94)98-73-79(86)72-97-103(91,92)99-76-80(74-95-82(87)68-63-58-53-47-20-17-14-11-8-3)101-85(90)71-66-61-56-51-46-42-41-43-48-52-57-62-67-78(4)5/h78-81,86H,6-77H2,1-5H3,(H,91,92)(H,93,94)/t79-,80+,81+/m0/s1. The number of phosphoric ester groups is 2. The average molecular weight is 1520 g/mol. The van der Waals surface area contributed by atoms with Gasteiger partial charge in [-0.1, -0.05) is 407 Å². The van der Waals surface area contributed by atoms with Crippen LogP contribution in [0.3, 0.4) is 0 Å². The third-order valence-electron chi connectivity index (χ3n) is 20.0. The van der Waals surface area contributed by atoms with Crippen LogP contribution in [0.2, 0.25) is 0 Å². The number of rotatable bonds is 85. The Hall–Kier alpha value is -1.94. The Balaban J connectivity index is 5.20. The summed E-state index contributed by atoms with van der Waals surface area (Å²) in [5, 5.41) is 10.7. The Morgan fingerprint density at radius 2 is 0.442 bits per heavy atom. The molecule has 0 radical (unpaired) electrons. The second-order valence-corrected chi connectivity index (χ2v) is 34.0. The predicted molar refractivity (Wildman–Crippen MR) is 428 cm³/mol. The number of esters is 4. The van der Waals surface area contributed by atoms with Gasteiger partial charge in [0.15, 0.2) is 12.2 Å². The molecule has 104 heavy (non-hydrogen) atoms. The van der Waals surface area contributed by atoms with Gasteiger partial charge in [-0.3, -0.25) is 37.3 Å². The van der Waals surface area contributed by atoms with Gasteiger partial charge in [0.1, 0.15) is 19.3 Å². The predicted octanol–water partition coefficient (Wildman–Crippen LogP) is 26.0. The molecule has 0 heterocycles. The van der Waals surface area contributed by atoms with Crippen LogP contribution < -0.4 is 0 Å². The van der Waals surface area contributed by atoms with Gasteiger partial charge in [-0.15, -0.1) is 0 Å². The van der Waals surface area contributed by atoms with Gasteiger partial charge in [-0.2, -0.15) is 0 Å². The zero-order chi connectivity index (χ0) is 76.2. The first-order valence-corrected chi connectivity index (χ1v) is 47.1. The Kier molecular flexibility index (Phi) is 76.3. The summed E-state index contributed by atoms with van der Waals surface area (Å²) in [7, 11) is -9.92. The lowest BCUT2D eigenvalue weighted by Gasteiger charge is -2.21. The van der Waals surface area contributed by atoms with E-state index in [4.69, 9.17) is 37.0 Å². The van der Waals surface area contributed by atoms with E-state index in [1.54, 1.807) is 0 Å². The first-order valence-electron chi connectivity index (χ1n) is 44.1. The molecule has 0 aromatic heterocycles. The molecule has 0 fully saturated rings. The summed E-state index contributed by atoms with van der Waals surface area (Å²) in [5.74, 6) is -1.33. The molecule has 0 aliphatic heterocycles. The number of hydrogen-bond acceptors (Lipinski definition) is 15. The zero-order valence-corrected chi connectivity index (χ0v) is 70.0. The van der Waals surface area contributed by atoms with Crippen molar-refractivity contribution in [1.82, 2.24) is 0 Å². The fourth-order valence-corrected chi connectivity index (χ4v) is 14.9. The number of aliphatic hydroxyl groups is 1. The molecular formula is C85H166O17P2. The zero-order valence-electron chi connectivity index (χ0n) is 68.2. The van der Waals surface area contributed by atoms with Crippen LogP contribution in [-0.4, -0.2) is 96.7 Å². The highest BCUT2D eigenvalue weighted by molar-refractivity contribution is 7.47. The molecule has 0 aliphatic carbocycles. The second kappa shape index (κ2) is 77.8. The maximum atomic E-state index is 13.1. The Morgan fingerprint density at radius 3 is 0.654 bits per heavy atom. The van der Waals surface area contributed by atoms with Crippen molar-refractivity contribution in [1.29, 1.82) is 0 Å². The van der Waals surface area contributed by atoms with Gasteiger partial charge < -0.3 is 33.8 Å². The van der Waals surface area contributed by atoms with Crippen LogP contribution >= 0.6 is 15.6 Å². The molecule has 0 aromatic carbocycles. The van der Waals surface area contributed by atoms with Crippen molar-refractivity contribution in [3.05, 3.63) is 0 Å². The lowest BCUT2D eigenvalue weighted by atomic mass is 10.0. The van der Waals surface area contributed by atoms with Crippen molar-refractivity contribution in [3.63, 3.8) is 0 Å². The summed E-state index contributed by atoms with van der Waals surface area (Å²) >= 11 is 0. The Morgan fingerprint density at radius 1 is 0.260 bits per heavy atom. The van der Waals surface area contributed by atoms with E-state index < -0.39 is 97.5 Å². The van der Waals surface area contributed by atoms with Gasteiger partial charge in [0.05, 0.1) is 26.4 Å². The summed E-state index contributed by atoms with van der Waals surface area (Å²) in [6.45, 7) is 7.34. The SMILES string of the molecule is CCCCCCCCCCCCCCCCCCCCCCCCC(=O)O[C@H](COC(=O)CCCCCCCCCCCCCCCCCCCC)COP(=O)(O)OC[C@@H](O)COP(=O)(O)OC[C@@H](COC(=O)CCCCCCCCCCC)OC(=O)CCCCCCCCCCCCCCC(C)C. The van der Waals surface area contributed by atoms with Crippen LogP contribution in [0.4, 0.5) is 0 Å². The Bertz CT molecular complexity index is 1980. The molecule has 0 amide bonds. The highest BCUT2D eigenvalue weighted by Gasteiger charge is 2.30. The molecule has 5 atom stereocenters. The topological polar surface area (TPSA) is 237 Å². The van der Waals surface area contributed by atoms with Gasteiger partial charge in [-0.05, 0) is 31.6 Å². The van der Waals surface area contributed by atoms with Crippen LogP contribution in [0.5, 0.6) is 0 Å². The monoisotopic (exact) mass is 1520 g/mol. The molecule has 0 bridgehead atoms. The Labute approximate surface area is 638 Å². The minimum absolute atomic E-state index is 0.107. The minimum Gasteiger partial charge on any atom is -0.462 e. The quantitative estimate of drug-likeness (QED) is 0.0222. The number of carbonyl (C=O) groups excluding carboxylic acids is 4. The van der Waals surface area contributed by atoms with Crippen molar-refractivity contribution >= 4 is 39.5 Å². The van der Waals surface area contributed by atoms with Gasteiger partial charge >= 0.3 is 39.5 Å². The van der Waals surface area contributed by atoms with Crippen molar-refractivity contribution < 1.29 is 80.2 Å². The van der Waals surface area contributed by atoms with E-state index in [9.17, 15) is 43.2 Å². The van der Waals surface area contributed by atoms with Crippen LogP contribution in [-0.2, 0) is 65.4 Å². The minimum atomic E-state index is -4.96. The maximum Gasteiger partial charge on any atom is 0.472 e. The molecular weight excluding hydrogens is 1350 g/mol. The number of hydrogen-bond donors (Lipinski definition) is 3. The molecule has 3 N–H and O–H groups in total. The van der Waals surface area contributed by atoms with Crippen LogP contribution in [0.1, 0.15) is 458 Å². The summed E-state index contributed by atoms with van der Waals surface area (Å²) in [6, 6.07) is 0. The lowest BCUT2D eigenvalue weighted by Crippen LogP contribution is -2.30. The molecule has 0 spiro atoms. The molecule has 0 aliphatic rings. The molecule has 0 rings (SSSR count). The molecule has 19 heteroatoms. The van der Waals surface area contributed by atoms with E-state index in [1.165, 1.54) is 283 Å². The molecule has 0 aromatic rings. The summed E-state index contributed by atoms with van der Waals surface area (Å²) in [4.78, 5) is 73.1. The van der Waals surface area contributed by atoms with Crippen LogP contribution in [0.15, 0.2) is 0 Å². The molecule has 0 saturated heterocycles. The molecule has 17 nitrogen and oxygen atoms in total. The lowest BCUT2D eigenvalue weighted by molar-refractivity contribution is -0.161. The van der Waals surface area contributed by atoms with E-state index in [0.29, 0.717) is 25.7 Å². The van der Waals surface area contributed by atoms with Crippen molar-refractivity contribution in [2.45, 2.75) is 477 Å². The molecule has 2 unspecified atom stereocenters. The van der Waals surface area contributed by atoms with E-state index in [0.717, 1.165) is 95.8 Å². The fourth-order valence-electron chi connectivity index (χ4n) is 13.3. The molecule has 0 saturated carbocycles. The van der Waals surface area contributed by atoms with E-state index in [1.807, 2.05) is 0 Å². The highest BCUT2D eigenvalue weighted by Crippen LogP contribution is 2.45. The largest absolute Gasteiger partial charge is 0.472 e.